The van der Waals surface area contributed by atoms with Gasteiger partial charge in [0.15, 0.2) is 0 Å². The van der Waals surface area contributed by atoms with Crippen LogP contribution < -0.4 is 10.1 Å². The molecule has 3 nitrogen and oxygen atoms in total. The molecule has 0 saturated heterocycles. The minimum Gasteiger partial charge on any atom is -0.492 e. The quantitative estimate of drug-likeness (QED) is 0.773. The number of ether oxygens (including phenoxy) is 1. The molecule has 0 bridgehead atoms. The Morgan fingerprint density at radius 1 is 1.47 bits per heavy atom. The average Bonchev–Trinajstić information content (AvgIpc) is 2.36. The number of hydrogen-bond acceptors (Lipinski definition) is 2. The summed E-state index contributed by atoms with van der Waals surface area (Å²) in [4.78, 5) is 11.6. The predicted octanol–water partition coefficient (Wildman–Crippen LogP) is 3.83. The third-order valence-electron chi connectivity index (χ3n) is 2.91. The molecule has 1 aromatic carbocycles. The van der Waals surface area contributed by atoms with Crippen LogP contribution in [0.3, 0.4) is 0 Å². The van der Waals surface area contributed by atoms with Gasteiger partial charge in [0, 0.05) is 12.5 Å². The normalized spacial score (nSPS) is 12.0. The molecule has 1 atom stereocenters. The number of carbonyl (C=O) groups is 1. The summed E-state index contributed by atoms with van der Waals surface area (Å²) in [6.45, 7) is 6.66. The lowest BCUT2D eigenvalue weighted by Crippen LogP contribution is -2.31. The number of rotatable bonds is 7. The highest BCUT2D eigenvalue weighted by atomic mass is 79.9. The zero-order valence-electron chi connectivity index (χ0n) is 11.8. The summed E-state index contributed by atoms with van der Waals surface area (Å²) in [7, 11) is 0. The van der Waals surface area contributed by atoms with E-state index in [1.54, 1.807) is 0 Å². The highest BCUT2D eigenvalue weighted by Gasteiger charge is 2.06. The van der Waals surface area contributed by atoms with Crippen LogP contribution in [0.1, 0.15) is 38.7 Å². The zero-order valence-corrected chi connectivity index (χ0v) is 13.4. The van der Waals surface area contributed by atoms with E-state index in [-0.39, 0.29) is 11.9 Å². The smallest absolute Gasteiger partial charge is 0.220 e. The maximum absolute atomic E-state index is 11.6. The van der Waals surface area contributed by atoms with Gasteiger partial charge in [-0.15, -0.1) is 0 Å². The second-order valence-corrected chi connectivity index (χ2v) is 5.62. The first-order valence-electron chi connectivity index (χ1n) is 6.71. The first-order valence-corrected chi connectivity index (χ1v) is 7.50. The molecule has 1 aromatic rings. The predicted molar refractivity (Wildman–Crippen MR) is 81.5 cm³/mol. The van der Waals surface area contributed by atoms with Crippen LogP contribution in [0, 0.1) is 6.92 Å². The highest BCUT2D eigenvalue weighted by Crippen LogP contribution is 2.25. The van der Waals surface area contributed by atoms with Crippen molar-refractivity contribution in [3.63, 3.8) is 0 Å². The van der Waals surface area contributed by atoms with Crippen molar-refractivity contribution < 1.29 is 9.53 Å². The van der Waals surface area contributed by atoms with Crippen molar-refractivity contribution in [3.8, 4) is 5.75 Å². The number of benzene rings is 1. The van der Waals surface area contributed by atoms with Crippen LogP contribution in [-0.4, -0.2) is 18.6 Å². The molecule has 0 aliphatic carbocycles. The van der Waals surface area contributed by atoms with Crippen LogP contribution >= 0.6 is 15.9 Å². The summed E-state index contributed by atoms with van der Waals surface area (Å²) >= 11 is 3.47. The molecule has 1 N–H and O–H groups in total. The van der Waals surface area contributed by atoms with Crippen molar-refractivity contribution in [2.24, 2.45) is 0 Å². The van der Waals surface area contributed by atoms with Crippen LogP contribution in [-0.2, 0) is 4.79 Å². The Balaban J connectivity index is 2.25. The summed E-state index contributed by atoms with van der Waals surface area (Å²) in [6, 6.07) is 6.22. The molecule has 0 aliphatic rings. The van der Waals surface area contributed by atoms with E-state index < -0.39 is 0 Å². The van der Waals surface area contributed by atoms with Gasteiger partial charge < -0.3 is 10.1 Å². The number of halogens is 1. The summed E-state index contributed by atoms with van der Waals surface area (Å²) in [5, 5.41) is 2.94. The minimum absolute atomic E-state index is 0.0981. The van der Waals surface area contributed by atoms with Crippen molar-refractivity contribution in [2.45, 2.75) is 46.1 Å². The molecular weight excluding hydrogens is 306 g/mol. The van der Waals surface area contributed by atoms with Crippen LogP contribution in [0.15, 0.2) is 22.7 Å². The molecule has 0 aromatic heterocycles. The molecule has 0 heterocycles. The first kappa shape index (κ1) is 16.0. The van der Waals surface area contributed by atoms with E-state index in [1.807, 2.05) is 32.0 Å². The Morgan fingerprint density at radius 3 is 2.84 bits per heavy atom. The fraction of sp³-hybridized carbons (Fsp3) is 0.533. The molecule has 1 rings (SSSR count). The van der Waals surface area contributed by atoms with E-state index in [9.17, 15) is 4.79 Å². The van der Waals surface area contributed by atoms with Crippen molar-refractivity contribution in [2.75, 3.05) is 6.61 Å². The Morgan fingerprint density at radius 2 is 2.21 bits per heavy atom. The summed E-state index contributed by atoms with van der Waals surface area (Å²) in [5.41, 5.74) is 1.19. The lowest BCUT2D eigenvalue weighted by molar-refractivity contribution is -0.121. The standard InChI is InChI=1S/C15H22BrNO2/c1-4-12(3)17-15(18)6-5-9-19-14-8-7-11(2)10-13(14)16/h7-8,10,12H,4-6,9H2,1-3H3,(H,17,18). The lowest BCUT2D eigenvalue weighted by atomic mass is 10.2. The molecular formula is C15H22BrNO2. The number of carbonyl (C=O) groups excluding carboxylic acids is 1. The van der Waals surface area contributed by atoms with Crippen LogP contribution in [0.5, 0.6) is 5.75 Å². The van der Waals surface area contributed by atoms with Gasteiger partial charge in [-0.05, 0) is 60.3 Å². The van der Waals surface area contributed by atoms with Gasteiger partial charge in [0.1, 0.15) is 5.75 Å². The largest absolute Gasteiger partial charge is 0.492 e. The van der Waals surface area contributed by atoms with Gasteiger partial charge in [0.25, 0.3) is 0 Å². The van der Waals surface area contributed by atoms with Gasteiger partial charge >= 0.3 is 0 Å². The van der Waals surface area contributed by atoms with E-state index in [0.29, 0.717) is 13.0 Å². The molecule has 106 valence electrons. The zero-order chi connectivity index (χ0) is 14.3. The molecule has 1 unspecified atom stereocenters. The summed E-state index contributed by atoms with van der Waals surface area (Å²) < 4.78 is 6.60. The molecule has 0 saturated carbocycles. The van der Waals surface area contributed by atoms with Crippen molar-refractivity contribution in [1.29, 1.82) is 0 Å². The van der Waals surface area contributed by atoms with Crippen molar-refractivity contribution in [1.82, 2.24) is 5.32 Å². The average molecular weight is 328 g/mol. The number of aryl methyl sites for hydroxylation is 1. The Bertz CT molecular complexity index is 421. The van der Waals surface area contributed by atoms with Gasteiger partial charge in [-0.3, -0.25) is 4.79 Å². The Hall–Kier alpha value is -1.03. The third kappa shape index (κ3) is 6.10. The molecule has 0 spiro atoms. The second kappa shape index (κ2) is 8.20. The Labute approximate surface area is 123 Å². The number of amides is 1. The minimum atomic E-state index is 0.0981. The van der Waals surface area contributed by atoms with Crippen LogP contribution in [0.4, 0.5) is 0 Å². The van der Waals surface area contributed by atoms with E-state index in [2.05, 4.69) is 28.2 Å². The van der Waals surface area contributed by atoms with E-state index in [1.165, 1.54) is 5.56 Å². The first-order chi connectivity index (χ1) is 9.02. The molecule has 0 radical (unpaired) electrons. The van der Waals surface area contributed by atoms with E-state index in [0.717, 1.165) is 23.1 Å². The monoisotopic (exact) mass is 327 g/mol. The SMILES string of the molecule is CCC(C)NC(=O)CCCOc1ccc(C)cc1Br. The number of nitrogens with one attached hydrogen (secondary N) is 1. The molecule has 19 heavy (non-hydrogen) atoms. The number of hydrogen-bond donors (Lipinski definition) is 1. The molecule has 0 aliphatic heterocycles. The Kier molecular flexibility index (Phi) is 6.92. The van der Waals surface area contributed by atoms with Gasteiger partial charge in [0.05, 0.1) is 11.1 Å². The molecule has 1 amide bonds. The fourth-order valence-corrected chi connectivity index (χ4v) is 2.19. The third-order valence-corrected chi connectivity index (χ3v) is 3.53. The van der Waals surface area contributed by atoms with Gasteiger partial charge in [-0.25, -0.2) is 0 Å². The molecule has 0 fully saturated rings. The van der Waals surface area contributed by atoms with E-state index >= 15 is 0 Å². The van der Waals surface area contributed by atoms with Crippen LogP contribution in [0.25, 0.3) is 0 Å². The van der Waals surface area contributed by atoms with E-state index in [4.69, 9.17) is 4.74 Å². The topological polar surface area (TPSA) is 38.3 Å². The van der Waals surface area contributed by atoms with Gasteiger partial charge in [0.2, 0.25) is 5.91 Å². The van der Waals surface area contributed by atoms with Crippen molar-refractivity contribution in [3.05, 3.63) is 28.2 Å². The maximum atomic E-state index is 11.6. The van der Waals surface area contributed by atoms with Crippen LogP contribution in [0.2, 0.25) is 0 Å². The summed E-state index contributed by atoms with van der Waals surface area (Å²) in [6.07, 6.45) is 2.19. The summed E-state index contributed by atoms with van der Waals surface area (Å²) in [5.74, 6) is 0.925. The molecule has 4 heteroatoms. The second-order valence-electron chi connectivity index (χ2n) is 4.76. The van der Waals surface area contributed by atoms with Gasteiger partial charge in [-0.2, -0.15) is 0 Å². The van der Waals surface area contributed by atoms with Crippen molar-refractivity contribution >= 4 is 21.8 Å². The lowest BCUT2D eigenvalue weighted by Gasteiger charge is -2.12. The highest BCUT2D eigenvalue weighted by molar-refractivity contribution is 9.10. The van der Waals surface area contributed by atoms with Gasteiger partial charge in [-0.1, -0.05) is 13.0 Å². The fourth-order valence-electron chi connectivity index (χ4n) is 1.59. The maximum Gasteiger partial charge on any atom is 0.220 e.